The molecule has 3 aromatic carbocycles. The van der Waals surface area contributed by atoms with Gasteiger partial charge in [-0.15, -0.1) is 0 Å². The molecule has 0 bridgehead atoms. The number of halogens is 2. The summed E-state index contributed by atoms with van der Waals surface area (Å²) in [6.07, 6.45) is 0. The molecule has 162 valence electrons. The average Bonchev–Trinajstić information content (AvgIpc) is 2.74. The predicted molar refractivity (Wildman–Crippen MR) is 123 cm³/mol. The summed E-state index contributed by atoms with van der Waals surface area (Å²) in [5, 5.41) is 3.16. The zero-order valence-electron chi connectivity index (χ0n) is 16.6. The second-order valence-corrected chi connectivity index (χ2v) is 9.12. The number of benzene rings is 3. The Morgan fingerprint density at radius 2 is 1.68 bits per heavy atom. The third kappa shape index (κ3) is 6.13. The summed E-state index contributed by atoms with van der Waals surface area (Å²) >= 11 is 12.1. The van der Waals surface area contributed by atoms with Crippen LogP contribution < -0.4 is 14.8 Å². The van der Waals surface area contributed by atoms with Crippen molar-refractivity contribution in [3.63, 3.8) is 0 Å². The van der Waals surface area contributed by atoms with E-state index in [1.807, 2.05) is 6.92 Å². The van der Waals surface area contributed by atoms with Crippen LogP contribution >= 0.6 is 23.2 Å². The Kier molecular flexibility index (Phi) is 7.43. The lowest BCUT2D eigenvalue weighted by atomic mass is 10.2. The monoisotopic (exact) mass is 478 g/mol. The van der Waals surface area contributed by atoms with E-state index >= 15 is 0 Å². The second kappa shape index (κ2) is 10.0. The fourth-order valence-electron chi connectivity index (χ4n) is 2.67. The summed E-state index contributed by atoms with van der Waals surface area (Å²) in [5.74, 6) is 0.0617. The van der Waals surface area contributed by atoms with E-state index in [-0.39, 0.29) is 28.6 Å². The number of sulfonamides is 1. The molecule has 0 saturated carbocycles. The first-order valence-corrected chi connectivity index (χ1v) is 11.5. The fourth-order valence-corrected chi connectivity index (χ4v) is 4.45. The lowest BCUT2D eigenvalue weighted by Gasteiger charge is -2.12. The van der Waals surface area contributed by atoms with E-state index in [2.05, 4.69) is 10.0 Å². The number of rotatable bonds is 8. The van der Waals surface area contributed by atoms with E-state index in [0.717, 1.165) is 5.56 Å². The third-order valence-electron chi connectivity index (χ3n) is 4.27. The molecule has 0 aromatic heterocycles. The molecule has 2 N–H and O–H groups in total. The number of carbonyl (C=O) groups excluding carboxylic acids is 1. The van der Waals surface area contributed by atoms with Gasteiger partial charge in [-0.25, -0.2) is 8.42 Å². The lowest BCUT2D eigenvalue weighted by Crippen LogP contribution is -2.28. The van der Waals surface area contributed by atoms with E-state index in [0.29, 0.717) is 16.5 Å². The summed E-state index contributed by atoms with van der Waals surface area (Å²) in [7, 11) is -3.98. The molecule has 0 aliphatic carbocycles. The van der Waals surface area contributed by atoms with Gasteiger partial charge in [-0.1, -0.05) is 53.0 Å². The molecule has 0 atom stereocenters. The van der Waals surface area contributed by atoms with Crippen LogP contribution in [0.4, 0.5) is 5.69 Å². The Labute approximate surface area is 191 Å². The molecule has 0 aliphatic heterocycles. The molecule has 0 fully saturated rings. The lowest BCUT2D eigenvalue weighted by molar-refractivity contribution is 0.0947. The Hall–Kier alpha value is -2.74. The minimum atomic E-state index is -3.98. The molecule has 9 heteroatoms. The van der Waals surface area contributed by atoms with E-state index < -0.39 is 15.9 Å². The van der Waals surface area contributed by atoms with Crippen LogP contribution in [-0.4, -0.2) is 27.5 Å². The van der Waals surface area contributed by atoms with Gasteiger partial charge in [-0.3, -0.25) is 9.52 Å². The molecule has 3 rings (SSSR count). The first-order valence-electron chi connectivity index (χ1n) is 9.31. The quantitative estimate of drug-likeness (QED) is 0.450. The molecule has 0 unspecified atom stereocenters. The zero-order chi connectivity index (χ0) is 22.4. The van der Waals surface area contributed by atoms with Gasteiger partial charge in [0.1, 0.15) is 17.3 Å². The van der Waals surface area contributed by atoms with Crippen LogP contribution in [0.15, 0.2) is 71.6 Å². The van der Waals surface area contributed by atoms with E-state index in [1.165, 1.54) is 18.2 Å². The topological polar surface area (TPSA) is 84.5 Å². The number of aryl methyl sites for hydroxylation is 1. The van der Waals surface area contributed by atoms with Gasteiger partial charge in [0.2, 0.25) is 0 Å². The van der Waals surface area contributed by atoms with Crippen molar-refractivity contribution in [3.05, 3.63) is 87.9 Å². The maximum Gasteiger partial charge on any atom is 0.263 e. The van der Waals surface area contributed by atoms with Crippen LogP contribution in [0.3, 0.4) is 0 Å². The van der Waals surface area contributed by atoms with Crippen molar-refractivity contribution in [1.82, 2.24) is 5.32 Å². The highest BCUT2D eigenvalue weighted by Gasteiger charge is 2.20. The molecular weight excluding hydrogens is 459 g/mol. The normalized spacial score (nSPS) is 11.1. The summed E-state index contributed by atoms with van der Waals surface area (Å²) in [6, 6.07) is 17.9. The molecular formula is C22H20Cl2N2O4S. The highest BCUT2D eigenvalue weighted by Crippen LogP contribution is 2.25. The number of nitrogens with one attached hydrogen (secondary N) is 2. The summed E-state index contributed by atoms with van der Waals surface area (Å²) in [4.78, 5) is 12.3. The van der Waals surface area contributed by atoms with E-state index in [1.54, 1.807) is 48.5 Å². The van der Waals surface area contributed by atoms with E-state index in [4.69, 9.17) is 27.9 Å². The molecule has 0 radical (unpaired) electrons. The van der Waals surface area contributed by atoms with Gasteiger partial charge in [0.25, 0.3) is 15.9 Å². The highest BCUT2D eigenvalue weighted by atomic mass is 35.5. The molecule has 1 amide bonds. The Bertz CT molecular complexity index is 1180. The van der Waals surface area contributed by atoms with Crippen molar-refractivity contribution >= 4 is 44.8 Å². The molecule has 31 heavy (non-hydrogen) atoms. The van der Waals surface area contributed by atoms with Gasteiger partial charge in [-0.05, 0) is 49.4 Å². The molecule has 0 spiro atoms. The van der Waals surface area contributed by atoms with Gasteiger partial charge in [0, 0.05) is 11.3 Å². The fraction of sp³-hybridized carbons (Fsp3) is 0.136. The number of hydrogen-bond acceptors (Lipinski definition) is 4. The first kappa shape index (κ1) is 22.9. The van der Waals surface area contributed by atoms with Crippen molar-refractivity contribution in [1.29, 1.82) is 0 Å². The van der Waals surface area contributed by atoms with Gasteiger partial charge in [0.05, 0.1) is 16.6 Å². The van der Waals surface area contributed by atoms with Crippen LogP contribution in [0.2, 0.25) is 10.0 Å². The summed E-state index contributed by atoms with van der Waals surface area (Å²) in [5.41, 5.74) is 1.55. The van der Waals surface area contributed by atoms with Crippen molar-refractivity contribution in [3.8, 4) is 5.75 Å². The Morgan fingerprint density at radius 1 is 0.968 bits per heavy atom. The Balaban J connectivity index is 1.66. The maximum absolute atomic E-state index is 12.8. The first-order chi connectivity index (χ1) is 14.8. The standard InChI is InChI=1S/C22H20Cl2N2O4S/c1-15-6-9-17(10-7-15)26-31(28,29)21-14-16(8-11-19(21)24)22(27)25-12-13-30-20-5-3-2-4-18(20)23/h2-11,14,26H,12-13H2,1H3,(H,25,27). The number of ether oxygens (including phenoxy) is 1. The zero-order valence-corrected chi connectivity index (χ0v) is 18.9. The van der Waals surface area contributed by atoms with Crippen LogP contribution in [-0.2, 0) is 10.0 Å². The number of carbonyl (C=O) groups is 1. The minimum Gasteiger partial charge on any atom is -0.490 e. The molecule has 3 aromatic rings. The Morgan fingerprint density at radius 3 is 2.39 bits per heavy atom. The average molecular weight is 479 g/mol. The smallest absolute Gasteiger partial charge is 0.263 e. The van der Waals surface area contributed by atoms with Crippen LogP contribution in [0.1, 0.15) is 15.9 Å². The van der Waals surface area contributed by atoms with E-state index in [9.17, 15) is 13.2 Å². The number of para-hydroxylation sites is 1. The highest BCUT2D eigenvalue weighted by molar-refractivity contribution is 7.92. The SMILES string of the molecule is Cc1ccc(NS(=O)(=O)c2cc(C(=O)NCCOc3ccccc3Cl)ccc2Cl)cc1. The largest absolute Gasteiger partial charge is 0.490 e. The summed E-state index contributed by atoms with van der Waals surface area (Å²) < 4.78 is 33.5. The van der Waals surface area contributed by atoms with Crippen LogP contribution in [0.25, 0.3) is 0 Å². The molecule has 0 heterocycles. The third-order valence-corrected chi connectivity index (χ3v) is 6.44. The second-order valence-electron chi connectivity index (χ2n) is 6.65. The van der Waals surface area contributed by atoms with Crippen LogP contribution in [0, 0.1) is 6.92 Å². The van der Waals surface area contributed by atoms with Crippen molar-refractivity contribution in [2.45, 2.75) is 11.8 Å². The number of hydrogen-bond donors (Lipinski definition) is 2. The van der Waals surface area contributed by atoms with Crippen molar-refractivity contribution in [2.75, 3.05) is 17.9 Å². The van der Waals surface area contributed by atoms with Gasteiger partial charge in [0.15, 0.2) is 0 Å². The van der Waals surface area contributed by atoms with Crippen LogP contribution in [0.5, 0.6) is 5.75 Å². The van der Waals surface area contributed by atoms with Gasteiger partial charge < -0.3 is 10.1 Å². The minimum absolute atomic E-state index is 0.0122. The van der Waals surface area contributed by atoms with Crippen molar-refractivity contribution < 1.29 is 17.9 Å². The molecule has 0 saturated heterocycles. The number of anilines is 1. The van der Waals surface area contributed by atoms with Gasteiger partial charge in [-0.2, -0.15) is 0 Å². The number of amides is 1. The van der Waals surface area contributed by atoms with Gasteiger partial charge >= 0.3 is 0 Å². The summed E-state index contributed by atoms with van der Waals surface area (Å²) in [6.45, 7) is 2.30. The van der Waals surface area contributed by atoms with Crippen molar-refractivity contribution in [2.24, 2.45) is 0 Å². The molecule has 6 nitrogen and oxygen atoms in total. The maximum atomic E-state index is 12.8. The predicted octanol–water partition coefficient (Wildman–Crippen LogP) is 4.91. The molecule has 0 aliphatic rings.